The van der Waals surface area contributed by atoms with Crippen LogP contribution in [0.4, 0.5) is 26.3 Å². The van der Waals surface area contributed by atoms with Gasteiger partial charge in [0.15, 0.2) is 5.57 Å². The fourth-order valence-corrected chi connectivity index (χ4v) is 3.54. The van der Waals surface area contributed by atoms with E-state index >= 15 is 0 Å². The second-order valence-electron chi connectivity index (χ2n) is 7.74. The number of halogens is 6. The maximum atomic E-state index is 13.4. The van der Waals surface area contributed by atoms with Crippen LogP contribution >= 0.6 is 0 Å². The van der Waals surface area contributed by atoms with E-state index in [0.717, 1.165) is 6.42 Å². The molecule has 5 nitrogen and oxygen atoms in total. The number of esters is 2. The summed E-state index contributed by atoms with van der Waals surface area (Å²) >= 11 is 0. The van der Waals surface area contributed by atoms with Crippen molar-refractivity contribution < 1.29 is 45.4 Å². The molecule has 0 bridgehead atoms. The summed E-state index contributed by atoms with van der Waals surface area (Å²) in [6.45, 7) is 3.04. The van der Waals surface area contributed by atoms with E-state index in [1.165, 1.54) is 18.7 Å². The number of alkyl halides is 6. The highest BCUT2D eigenvalue weighted by Gasteiger charge is 2.43. The number of hydrogen-bond donors (Lipinski definition) is 0. The normalized spacial score (nSPS) is 19.7. The lowest BCUT2D eigenvalue weighted by molar-refractivity contribution is -0.222. The maximum absolute atomic E-state index is 13.4. The quantitative estimate of drug-likeness (QED) is 0.281. The molecule has 0 radical (unpaired) electrons. The summed E-state index contributed by atoms with van der Waals surface area (Å²) in [7, 11) is 0. The first-order valence-corrected chi connectivity index (χ1v) is 9.45. The summed E-state index contributed by atoms with van der Waals surface area (Å²) in [5.41, 5.74) is -4.75. The molecule has 2 heterocycles. The van der Waals surface area contributed by atoms with E-state index in [9.17, 15) is 35.9 Å². The minimum absolute atomic E-state index is 0.0113. The first kappa shape index (κ1) is 23.0. The molecule has 2 aliphatic heterocycles. The molecular formula is C20H19F6NO4. The Morgan fingerprint density at radius 2 is 1.29 bits per heavy atom. The third kappa shape index (κ3) is 4.96. The average Bonchev–Trinajstić information content (AvgIpc) is 2.62. The van der Waals surface area contributed by atoms with Crippen molar-refractivity contribution in [2.24, 2.45) is 0 Å². The summed E-state index contributed by atoms with van der Waals surface area (Å²) in [5, 5.41) is 0. The van der Waals surface area contributed by atoms with Gasteiger partial charge in [-0.15, -0.1) is 0 Å². The van der Waals surface area contributed by atoms with Crippen LogP contribution in [-0.2, 0) is 31.4 Å². The highest BCUT2D eigenvalue weighted by atomic mass is 19.4. The van der Waals surface area contributed by atoms with Gasteiger partial charge in [-0.2, -0.15) is 26.3 Å². The molecule has 11 heteroatoms. The van der Waals surface area contributed by atoms with E-state index in [1.54, 1.807) is 0 Å². The highest BCUT2D eigenvalue weighted by Crippen LogP contribution is 2.40. The Balaban J connectivity index is 2.28. The smallest absolute Gasteiger partial charge is 0.416 e. The summed E-state index contributed by atoms with van der Waals surface area (Å²) < 4.78 is 90.2. The molecule has 3 rings (SSSR count). The molecule has 0 N–H and O–H groups in total. The molecule has 31 heavy (non-hydrogen) atoms. The second-order valence-corrected chi connectivity index (χ2v) is 7.74. The number of nitrogens with zero attached hydrogens (tertiary/aromatic N) is 1. The van der Waals surface area contributed by atoms with Crippen molar-refractivity contribution in [3.8, 4) is 0 Å². The average molecular weight is 451 g/mol. The standard InChI is InChI=1S/C20H19F6NO4/c1-18(2)30-16(28)14(17(29)31-18)15(27-6-4-3-5-7-27)11-8-12(19(21,22)23)10-13(9-11)20(24,25)26/h8-10H,3-7H2,1-2H3. The molecule has 0 saturated carbocycles. The summed E-state index contributed by atoms with van der Waals surface area (Å²) in [5.74, 6) is -3.96. The predicted octanol–water partition coefficient (Wildman–Crippen LogP) is 4.76. The molecule has 1 aromatic carbocycles. The predicted molar refractivity (Wildman–Crippen MR) is 95.1 cm³/mol. The molecule has 0 aromatic heterocycles. The zero-order chi connectivity index (χ0) is 23.2. The van der Waals surface area contributed by atoms with Crippen LogP contribution in [0.3, 0.4) is 0 Å². The number of likely N-dealkylation sites (tertiary alicyclic amines) is 1. The Bertz CT molecular complexity index is 872. The molecule has 0 spiro atoms. The number of ether oxygens (including phenoxy) is 2. The van der Waals surface area contributed by atoms with Crippen LogP contribution in [0.25, 0.3) is 5.70 Å². The van der Waals surface area contributed by atoms with Crippen LogP contribution in [0.5, 0.6) is 0 Å². The van der Waals surface area contributed by atoms with Crippen LogP contribution in [0.1, 0.15) is 49.8 Å². The van der Waals surface area contributed by atoms with Crippen molar-refractivity contribution in [3.63, 3.8) is 0 Å². The fourth-order valence-electron chi connectivity index (χ4n) is 3.54. The number of benzene rings is 1. The summed E-state index contributed by atoms with van der Waals surface area (Å²) in [6.07, 6.45) is -8.21. The van der Waals surface area contributed by atoms with Crippen molar-refractivity contribution in [1.29, 1.82) is 0 Å². The van der Waals surface area contributed by atoms with Gasteiger partial charge in [-0.05, 0) is 37.5 Å². The Kier molecular flexibility index (Phi) is 5.74. The third-order valence-electron chi connectivity index (χ3n) is 4.86. The van der Waals surface area contributed by atoms with E-state index in [1.807, 2.05) is 0 Å². The zero-order valence-corrected chi connectivity index (χ0v) is 16.6. The minimum atomic E-state index is -5.08. The SMILES string of the molecule is CC1(C)OC(=O)C(=C(c2cc(C(F)(F)F)cc(C(F)(F)F)c2)N2CCCCC2)C(=O)O1. The van der Waals surface area contributed by atoms with E-state index in [0.29, 0.717) is 25.0 Å². The largest absolute Gasteiger partial charge is 0.419 e. The van der Waals surface area contributed by atoms with Crippen LogP contribution in [0.15, 0.2) is 23.8 Å². The van der Waals surface area contributed by atoms with Crippen molar-refractivity contribution >= 4 is 17.6 Å². The van der Waals surface area contributed by atoms with Crippen molar-refractivity contribution in [2.75, 3.05) is 13.1 Å². The van der Waals surface area contributed by atoms with Gasteiger partial charge in [-0.3, -0.25) is 0 Å². The molecule has 2 saturated heterocycles. The van der Waals surface area contributed by atoms with Crippen molar-refractivity contribution in [2.45, 2.75) is 51.2 Å². The van der Waals surface area contributed by atoms with E-state index < -0.39 is 52.3 Å². The third-order valence-corrected chi connectivity index (χ3v) is 4.86. The molecule has 1 aromatic rings. The number of carbonyl (C=O) groups is 2. The monoisotopic (exact) mass is 451 g/mol. The van der Waals surface area contributed by atoms with Gasteiger partial charge in [0.25, 0.3) is 5.79 Å². The van der Waals surface area contributed by atoms with Crippen molar-refractivity contribution in [1.82, 2.24) is 4.90 Å². The minimum Gasteiger partial charge on any atom is -0.419 e. The maximum Gasteiger partial charge on any atom is 0.416 e. The number of hydrogen-bond acceptors (Lipinski definition) is 5. The fraction of sp³-hybridized carbons (Fsp3) is 0.500. The lowest BCUT2D eigenvalue weighted by Gasteiger charge is -2.36. The Morgan fingerprint density at radius 1 is 0.839 bits per heavy atom. The molecule has 0 amide bonds. The lowest BCUT2D eigenvalue weighted by atomic mass is 9.96. The molecule has 2 aliphatic rings. The number of cyclic esters (lactones) is 2. The number of carbonyl (C=O) groups excluding carboxylic acids is 2. The van der Waals surface area contributed by atoms with E-state index in [2.05, 4.69) is 0 Å². The number of piperidine rings is 1. The molecular weight excluding hydrogens is 432 g/mol. The van der Waals surface area contributed by atoms with Crippen molar-refractivity contribution in [3.05, 3.63) is 40.5 Å². The van der Waals surface area contributed by atoms with Crippen LogP contribution in [0, 0.1) is 0 Å². The Morgan fingerprint density at radius 3 is 1.71 bits per heavy atom. The van der Waals surface area contributed by atoms with E-state index in [4.69, 9.17) is 9.47 Å². The summed E-state index contributed by atoms with van der Waals surface area (Å²) in [4.78, 5) is 26.6. The molecule has 0 unspecified atom stereocenters. The molecule has 0 atom stereocenters. The van der Waals surface area contributed by atoms with Gasteiger partial charge in [0.2, 0.25) is 0 Å². The van der Waals surface area contributed by atoms with Gasteiger partial charge >= 0.3 is 24.3 Å². The first-order chi connectivity index (χ1) is 14.2. The lowest BCUT2D eigenvalue weighted by Crippen LogP contribution is -2.44. The molecule has 170 valence electrons. The Hall–Kier alpha value is -2.72. The molecule has 0 aliphatic carbocycles. The van der Waals surface area contributed by atoms with Gasteiger partial charge < -0.3 is 14.4 Å². The highest BCUT2D eigenvalue weighted by molar-refractivity contribution is 6.20. The Labute approximate surface area is 173 Å². The van der Waals surface area contributed by atoms with Crippen LogP contribution in [0.2, 0.25) is 0 Å². The topological polar surface area (TPSA) is 55.8 Å². The van der Waals surface area contributed by atoms with Gasteiger partial charge in [0.1, 0.15) is 0 Å². The number of rotatable bonds is 2. The first-order valence-electron chi connectivity index (χ1n) is 9.45. The van der Waals surface area contributed by atoms with Gasteiger partial charge in [0.05, 0.1) is 16.8 Å². The van der Waals surface area contributed by atoms with Gasteiger partial charge in [0, 0.05) is 32.5 Å². The van der Waals surface area contributed by atoms with Crippen LogP contribution in [-0.4, -0.2) is 35.7 Å². The van der Waals surface area contributed by atoms with E-state index in [-0.39, 0.29) is 24.9 Å². The second kappa shape index (κ2) is 7.76. The zero-order valence-electron chi connectivity index (χ0n) is 16.6. The summed E-state index contributed by atoms with van der Waals surface area (Å²) in [6, 6.07) is 0.974. The van der Waals surface area contributed by atoms with Crippen LogP contribution < -0.4 is 0 Å². The molecule has 2 fully saturated rings. The van der Waals surface area contributed by atoms with Gasteiger partial charge in [-0.25, -0.2) is 9.59 Å². The van der Waals surface area contributed by atoms with Gasteiger partial charge in [-0.1, -0.05) is 0 Å².